The highest BCUT2D eigenvalue weighted by Gasteiger charge is 1.84. The van der Waals surface area contributed by atoms with E-state index < -0.39 is 10.2 Å². The predicted octanol–water partition coefficient (Wildman–Crippen LogP) is -8.17. The van der Waals surface area contributed by atoms with Gasteiger partial charge in [0, 0.05) is 0 Å². The van der Waals surface area contributed by atoms with E-state index in [1.54, 1.807) is 0 Å². The molecule has 0 atom stereocenters. The SMILES string of the molecule is NC(=S)[NH+]=C(N)N.[O-][Cl+3]([O-])([O-])[O-]. The van der Waals surface area contributed by atoms with Crippen molar-refractivity contribution >= 4 is 23.3 Å². The lowest BCUT2D eigenvalue weighted by atomic mass is 11.0. The lowest BCUT2D eigenvalue weighted by Crippen LogP contribution is -2.83. The second-order valence-corrected chi connectivity index (χ2v) is 2.52. The Morgan fingerprint density at radius 1 is 1.08 bits per heavy atom. The average Bonchev–Trinajstić information content (AvgIpc) is 1.52. The van der Waals surface area contributed by atoms with Crippen molar-refractivity contribution in [3.63, 3.8) is 0 Å². The van der Waals surface area contributed by atoms with Crippen LogP contribution >= 0.6 is 12.2 Å². The van der Waals surface area contributed by atoms with Crippen molar-refractivity contribution in [2.24, 2.45) is 17.2 Å². The van der Waals surface area contributed by atoms with Crippen LogP contribution in [0.1, 0.15) is 0 Å². The zero-order valence-corrected chi connectivity index (χ0v) is 7.22. The fourth-order valence-electron chi connectivity index (χ4n) is 0.142. The van der Waals surface area contributed by atoms with Crippen molar-refractivity contribution in [2.75, 3.05) is 0 Å². The van der Waals surface area contributed by atoms with Crippen LogP contribution in [0.2, 0.25) is 0 Å². The maximum Gasteiger partial charge on any atom is 0.303 e. The summed E-state index contributed by atoms with van der Waals surface area (Å²) in [6.45, 7) is 0. The first-order valence-corrected chi connectivity index (χ1v) is 3.83. The van der Waals surface area contributed by atoms with Crippen LogP contribution in [0.3, 0.4) is 0 Å². The minimum absolute atomic E-state index is 0.0208. The first-order chi connectivity index (χ1) is 5.13. The molecule has 0 aromatic carbocycles. The molecule has 0 rings (SSSR count). The van der Waals surface area contributed by atoms with Gasteiger partial charge in [-0.25, -0.2) is 23.6 Å². The highest BCUT2D eigenvalue weighted by Crippen LogP contribution is 1.49. The van der Waals surface area contributed by atoms with Gasteiger partial charge < -0.3 is 17.2 Å². The smallest absolute Gasteiger partial charge is 0.303 e. The van der Waals surface area contributed by atoms with Crippen LogP contribution in [-0.4, -0.2) is 11.1 Å². The van der Waals surface area contributed by atoms with Gasteiger partial charge in [-0.1, -0.05) is 0 Å². The second-order valence-electron chi connectivity index (χ2n) is 1.32. The Kier molecular flexibility index (Phi) is 6.79. The van der Waals surface area contributed by atoms with Crippen molar-refractivity contribution in [3.8, 4) is 0 Å². The Bertz CT molecular complexity index is 168. The molecule has 0 heterocycles. The molecule has 0 bridgehead atoms. The Balaban J connectivity index is 0. The Morgan fingerprint density at radius 3 is 1.33 bits per heavy atom. The third kappa shape index (κ3) is 59.0. The topological polar surface area (TPSA) is 184 Å². The molecule has 0 unspecified atom stereocenters. The largest absolute Gasteiger partial charge is 0.325 e. The molecule has 0 aromatic rings. The summed E-state index contributed by atoms with van der Waals surface area (Å²) in [6.07, 6.45) is 0. The number of thiocarbonyl (C=S) groups is 1. The van der Waals surface area contributed by atoms with Crippen LogP contribution in [0.5, 0.6) is 0 Å². The molecule has 0 fully saturated rings. The van der Waals surface area contributed by atoms with Gasteiger partial charge in [-0.15, -0.1) is 10.2 Å². The molecule has 0 saturated heterocycles. The highest BCUT2D eigenvalue weighted by atomic mass is 35.7. The Hall–Kier alpha value is -0.710. The van der Waals surface area contributed by atoms with E-state index in [0.717, 1.165) is 0 Å². The lowest BCUT2D eigenvalue weighted by molar-refractivity contribution is -2.00. The van der Waals surface area contributed by atoms with Gasteiger partial charge in [-0.3, -0.25) is 0 Å². The predicted molar refractivity (Wildman–Crippen MR) is 31.1 cm³/mol. The van der Waals surface area contributed by atoms with E-state index in [0.29, 0.717) is 0 Å². The van der Waals surface area contributed by atoms with Crippen LogP contribution in [0.25, 0.3) is 0 Å². The maximum atomic E-state index is 8.49. The maximum absolute atomic E-state index is 8.49. The second kappa shape index (κ2) is 5.88. The summed E-state index contributed by atoms with van der Waals surface area (Å²) in [5.41, 5.74) is 14.8. The van der Waals surface area contributed by atoms with E-state index in [4.69, 9.17) is 35.8 Å². The molecule has 0 aliphatic carbocycles. The minimum Gasteiger partial charge on any atom is -0.325 e. The van der Waals surface area contributed by atoms with Gasteiger partial charge in [0.2, 0.25) is 0 Å². The lowest BCUT2D eigenvalue weighted by Gasteiger charge is -2.17. The van der Waals surface area contributed by atoms with Crippen molar-refractivity contribution in [2.45, 2.75) is 0 Å². The molecule has 7 N–H and O–H groups in total. The quantitative estimate of drug-likeness (QED) is 0.175. The normalized spacial score (nSPS) is 9.33. The molecule has 72 valence electrons. The third-order valence-corrected chi connectivity index (χ3v) is 0.370. The molecule has 0 radical (unpaired) electrons. The van der Waals surface area contributed by atoms with Gasteiger partial charge in [-0.05, 0) is 12.2 Å². The van der Waals surface area contributed by atoms with E-state index >= 15 is 0 Å². The minimum atomic E-state index is -4.94. The van der Waals surface area contributed by atoms with Crippen LogP contribution in [0, 0.1) is 10.2 Å². The molecule has 0 aliphatic heterocycles. The summed E-state index contributed by atoms with van der Waals surface area (Å²) < 4.78 is 34.0. The molecule has 0 aromatic heterocycles. The zero-order valence-electron chi connectivity index (χ0n) is 5.65. The fraction of sp³-hybridized carbons (Fsp3) is 0. The van der Waals surface area contributed by atoms with Crippen molar-refractivity contribution in [1.82, 2.24) is 0 Å². The summed E-state index contributed by atoms with van der Waals surface area (Å²) in [5.74, 6) is 0.0208. The van der Waals surface area contributed by atoms with Crippen molar-refractivity contribution in [1.29, 1.82) is 0 Å². The molecule has 12 heavy (non-hydrogen) atoms. The molecule has 0 aliphatic rings. The van der Waals surface area contributed by atoms with Gasteiger partial charge in [0.15, 0.2) is 0 Å². The Labute approximate surface area is 75.0 Å². The van der Waals surface area contributed by atoms with Gasteiger partial charge in [0.25, 0.3) is 5.11 Å². The molecule has 8 nitrogen and oxygen atoms in total. The number of rotatable bonds is 0. The average molecular weight is 219 g/mol. The number of hydrogen-bond acceptors (Lipinski definition) is 5. The number of nitrogens with two attached hydrogens (primary N) is 3. The monoisotopic (exact) mass is 218 g/mol. The first-order valence-electron chi connectivity index (χ1n) is 2.19. The van der Waals surface area contributed by atoms with Gasteiger partial charge >= 0.3 is 5.96 Å². The van der Waals surface area contributed by atoms with Crippen LogP contribution in [0.15, 0.2) is 0 Å². The van der Waals surface area contributed by atoms with E-state index in [-0.39, 0.29) is 11.1 Å². The standard InChI is InChI=1S/C2H6N4S.ClHO4/c3-1(4)6-2(5)7;2-1(3,4)5/h(H6,3,4,5,6,7);(H,2,3,4,5). The molecular formula is C2H7ClN4O4S. The van der Waals surface area contributed by atoms with Gasteiger partial charge in [0.05, 0.1) is 0 Å². The summed E-state index contributed by atoms with van der Waals surface area (Å²) in [7, 11) is -4.94. The molecule has 0 amide bonds. The van der Waals surface area contributed by atoms with Gasteiger partial charge in [-0.2, -0.15) is 0 Å². The van der Waals surface area contributed by atoms with E-state index in [9.17, 15) is 0 Å². The number of halogens is 1. The summed E-state index contributed by atoms with van der Waals surface area (Å²) in [6, 6.07) is 0. The molecular weight excluding hydrogens is 212 g/mol. The van der Waals surface area contributed by atoms with Gasteiger partial charge in [0.1, 0.15) is 0 Å². The van der Waals surface area contributed by atoms with Crippen LogP contribution in [0.4, 0.5) is 0 Å². The van der Waals surface area contributed by atoms with Crippen LogP contribution in [-0.2, 0) is 0 Å². The number of nitrogens with one attached hydrogen (secondary N) is 1. The van der Waals surface area contributed by atoms with E-state index in [1.807, 2.05) is 0 Å². The number of hydrogen-bond donors (Lipinski definition) is 4. The van der Waals surface area contributed by atoms with Crippen molar-refractivity contribution in [3.05, 3.63) is 0 Å². The molecule has 0 spiro atoms. The summed E-state index contributed by atoms with van der Waals surface area (Å²) in [5, 5.41) is 0.0833. The third-order valence-electron chi connectivity index (χ3n) is 0.268. The molecule has 0 saturated carbocycles. The van der Waals surface area contributed by atoms with E-state index in [1.165, 1.54) is 0 Å². The van der Waals surface area contributed by atoms with Crippen LogP contribution < -0.4 is 40.8 Å². The summed E-state index contributed by atoms with van der Waals surface area (Å²) >= 11 is 4.36. The summed E-state index contributed by atoms with van der Waals surface area (Å²) in [4.78, 5) is 2.29. The first kappa shape index (κ1) is 13.9. The van der Waals surface area contributed by atoms with E-state index in [2.05, 4.69) is 17.2 Å². The highest BCUT2D eigenvalue weighted by molar-refractivity contribution is 7.79. The van der Waals surface area contributed by atoms with Crippen molar-refractivity contribution < 1.29 is 33.9 Å². The zero-order chi connectivity index (χ0) is 10.4. The number of guanidine groups is 1. The fourth-order valence-corrected chi connectivity index (χ4v) is 0.260. The Morgan fingerprint density at radius 2 is 1.33 bits per heavy atom. The molecule has 10 heteroatoms.